The highest BCUT2D eigenvalue weighted by atomic mass is 19.4. The van der Waals surface area contributed by atoms with E-state index in [4.69, 9.17) is 10.5 Å². The van der Waals surface area contributed by atoms with Crippen molar-refractivity contribution >= 4 is 16.8 Å². The quantitative estimate of drug-likeness (QED) is 0.301. The Morgan fingerprint density at radius 3 is 2.55 bits per heavy atom. The molecule has 156 valence electrons. The Bertz CT molecular complexity index is 861. The monoisotopic (exact) mass is 406 g/mol. The molecule has 0 aliphatic heterocycles. The van der Waals surface area contributed by atoms with Crippen LogP contribution >= 0.6 is 0 Å². The van der Waals surface area contributed by atoms with Crippen LogP contribution in [0, 0.1) is 0 Å². The molecule has 1 amide bonds. The first-order valence-electron chi connectivity index (χ1n) is 9.60. The van der Waals surface area contributed by atoms with E-state index in [-0.39, 0.29) is 0 Å². The fourth-order valence-corrected chi connectivity index (χ4v) is 2.76. The van der Waals surface area contributed by atoms with E-state index < -0.39 is 17.6 Å². The molecule has 1 heterocycles. The summed E-state index contributed by atoms with van der Waals surface area (Å²) in [4.78, 5) is 14.8. The number of amides is 1. The van der Waals surface area contributed by atoms with E-state index in [1.54, 1.807) is 18.2 Å². The van der Waals surface area contributed by atoms with Gasteiger partial charge in [0.15, 0.2) is 0 Å². The lowest BCUT2D eigenvalue weighted by Gasteiger charge is -2.09. The Morgan fingerprint density at radius 1 is 1.03 bits per heavy atom. The molecule has 2 N–H and O–H groups in total. The van der Waals surface area contributed by atoms with Gasteiger partial charge in [-0.25, -0.2) is 4.98 Å². The molecule has 0 atom stereocenters. The Hall–Kier alpha value is -2.83. The highest BCUT2D eigenvalue weighted by Gasteiger charge is 2.30. The SMILES string of the molecule is NC(=O)/C=C/C=C/CCCCCCCOc1ccc2cc(C(F)(F)F)ccc2n1. The number of allylic oxidation sites excluding steroid dienone is 3. The lowest BCUT2D eigenvalue weighted by molar-refractivity contribution is -0.137. The number of carbonyl (C=O) groups is 1. The number of hydrogen-bond acceptors (Lipinski definition) is 3. The number of nitrogens with two attached hydrogens (primary N) is 1. The maximum Gasteiger partial charge on any atom is 0.416 e. The molecule has 0 spiro atoms. The molecule has 29 heavy (non-hydrogen) atoms. The van der Waals surface area contributed by atoms with Crippen molar-refractivity contribution < 1.29 is 22.7 Å². The molecule has 0 saturated heterocycles. The van der Waals surface area contributed by atoms with Crippen LogP contribution in [0.2, 0.25) is 0 Å². The molecule has 7 heteroatoms. The minimum atomic E-state index is -4.36. The number of hydrogen-bond donors (Lipinski definition) is 1. The van der Waals surface area contributed by atoms with Crippen molar-refractivity contribution in [2.24, 2.45) is 5.73 Å². The van der Waals surface area contributed by atoms with Gasteiger partial charge in [-0.15, -0.1) is 0 Å². The van der Waals surface area contributed by atoms with Gasteiger partial charge in [-0.2, -0.15) is 13.2 Å². The maximum atomic E-state index is 12.7. The Morgan fingerprint density at radius 2 is 1.79 bits per heavy atom. The molecule has 2 aromatic rings. The predicted octanol–water partition coefficient (Wildman–Crippen LogP) is 5.57. The van der Waals surface area contributed by atoms with Crippen molar-refractivity contribution in [1.29, 1.82) is 0 Å². The molecule has 4 nitrogen and oxygen atoms in total. The van der Waals surface area contributed by atoms with E-state index in [1.165, 1.54) is 12.1 Å². The van der Waals surface area contributed by atoms with Crippen LogP contribution in [0.25, 0.3) is 10.9 Å². The van der Waals surface area contributed by atoms with Crippen LogP contribution in [-0.4, -0.2) is 17.5 Å². The molecule has 0 radical (unpaired) electrons. The second-order valence-electron chi connectivity index (χ2n) is 6.65. The lowest BCUT2D eigenvalue weighted by atomic mass is 10.1. The van der Waals surface area contributed by atoms with Gasteiger partial charge in [0.05, 0.1) is 17.7 Å². The first kappa shape index (κ1) is 22.5. The van der Waals surface area contributed by atoms with Crippen molar-refractivity contribution in [1.82, 2.24) is 4.98 Å². The van der Waals surface area contributed by atoms with Crippen molar-refractivity contribution in [3.05, 3.63) is 60.2 Å². The van der Waals surface area contributed by atoms with Crippen LogP contribution < -0.4 is 10.5 Å². The summed E-state index contributed by atoms with van der Waals surface area (Å²) in [6.45, 7) is 0.525. The van der Waals surface area contributed by atoms with Crippen LogP contribution in [0.1, 0.15) is 44.1 Å². The summed E-state index contributed by atoms with van der Waals surface area (Å²) < 4.78 is 43.8. The van der Waals surface area contributed by atoms with Gasteiger partial charge in [-0.1, -0.05) is 37.5 Å². The van der Waals surface area contributed by atoms with Crippen molar-refractivity contribution in [3.8, 4) is 5.88 Å². The van der Waals surface area contributed by atoms with Crippen molar-refractivity contribution in [2.75, 3.05) is 6.61 Å². The Labute approximate surface area is 168 Å². The first-order valence-corrected chi connectivity index (χ1v) is 9.60. The fourth-order valence-electron chi connectivity index (χ4n) is 2.76. The zero-order valence-corrected chi connectivity index (χ0v) is 16.1. The average Bonchev–Trinajstić information content (AvgIpc) is 2.67. The second kappa shape index (κ2) is 11.2. The van der Waals surface area contributed by atoms with Gasteiger partial charge in [0.25, 0.3) is 0 Å². The summed E-state index contributed by atoms with van der Waals surface area (Å²) >= 11 is 0. The van der Waals surface area contributed by atoms with E-state index in [0.717, 1.165) is 50.7 Å². The third-order valence-electron chi connectivity index (χ3n) is 4.26. The van der Waals surface area contributed by atoms with Gasteiger partial charge in [-0.3, -0.25) is 4.79 Å². The number of aromatic nitrogens is 1. The van der Waals surface area contributed by atoms with Gasteiger partial charge in [0, 0.05) is 17.5 Å². The number of fused-ring (bicyclic) bond motifs is 1. The lowest BCUT2D eigenvalue weighted by Crippen LogP contribution is -2.04. The minimum Gasteiger partial charge on any atom is -0.478 e. The highest BCUT2D eigenvalue weighted by Crippen LogP contribution is 2.31. The number of pyridine rings is 1. The van der Waals surface area contributed by atoms with Crippen molar-refractivity contribution in [2.45, 2.75) is 44.7 Å². The number of alkyl halides is 3. The summed E-state index contributed by atoms with van der Waals surface area (Å²) in [7, 11) is 0. The molecular weight excluding hydrogens is 381 g/mol. The third-order valence-corrected chi connectivity index (χ3v) is 4.26. The second-order valence-corrected chi connectivity index (χ2v) is 6.65. The van der Waals surface area contributed by atoms with Gasteiger partial charge in [-0.05, 0) is 43.5 Å². The number of halogens is 3. The maximum absolute atomic E-state index is 12.7. The highest BCUT2D eigenvalue weighted by molar-refractivity contribution is 5.86. The molecule has 0 bridgehead atoms. The molecule has 0 saturated carbocycles. The van der Waals surface area contributed by atoms with Crippen LogP contribution in [0.5, 0.6) is 5.88 Å². The summed E-state index contributed by atoms with van der Waals surface area (Å²) in [5.74, 6) is -0.0299. The number of ether oxygens (including phenoxy) is 1. The van der Waals surface area contributed by atoms with Crippen LogP contribution in [0.15, 0.2) is 54.6 Å². The van der Waals surface area contributed by atoms with Gasteiger partial charge in [0.1, 0.15) is 0 Å². The van der Waals surface area contributed by atoms with Crippen LogP contribution in [0.4, 0.5) is 13.2 Å². The van der Waals surface area contributed by atoms with E-state index in [2.05, 4.69) is 4.98 Å². The molecule has 1 aromatic carbocycles. The van der Waals surface area contributed by atoms with Gasteiger partial charge < -0.3 is 10.5 Å². The minimum absolute atomic E-state index is 0.423. The standard InChI is InChI=1S/C22H25F3N2O2/c23-22(24,25)18-12-13-19-17(16-18)11-14-21(27-19)29-15-9-7-5-3-1-2-4-6-8-10-20(26)28/h4,6,8,10-14,16H,1-3,5,7,9,15H2,(H2,26,28)/b6-4+,10-8+. The van der Waals surface area contributed by atoms with E-state index in [9.17, 15) is 18.0 Å². The zero-order chi connectivity index (χ0) is 21.1. The van der Waals surface area contributed by atoms with Crippen molar-refractivity contribution in [3.63, 3.8) is 0 Å². The first-order chi connectivity index (χ1) is 13.9. The molecule has 0 aliphatic rings. The van der Waals surface area contributed by atoms with Crippen LogP contribution in [0.3, 0.4) is 0 Å². The van der Waals surface area contributed by atoms with E-state index >= 15 is 0 Å². The fraction of sp³-hybridized carbons (Fsp3) is 0.364. The number of benzene rings is 1. The normalized spacial score (nSPS) is 12.2. The number of carbonyl (C=O) groups excluding carboxylic acids is 1. The molecular formula is C22H25F3N2O2. The number of rotatable bonds is 11. The van der Waals surface area contributed by atoms with Gasteiger partial charge >= 0.3 is 6.18 Å². The summed E-state index contributed by atoms with van der Waals surface area (Å²) in [5.41, 5.74) is 4.78. The van der Waals surface area contributed by atoms with E-state index in [1.807, 2.05) is 12.2 Å². The van der Waals surface area contributed by atoms with Gasteiger partial charge in [0.2, 0.25) is 11.8 Å². The zero-order valence-electron chi connectivity index (χ0n) is 16.1. The summed E-state index contributed by atoms with van der Waals surface area (Å²) in [6, 6.07) is 6.68. The number of nitrogens with zero attached hydrogens (tertiary/aromatic N) is 1. The molecule has 2 rings (SSSR count). The molecule has 0 unspecified atom stereocenters. The summed E-state index contributed by atoms with van der Waals surface area (Å²) in [5, 5.41) is 0.436. The number of unbranched alkanes of at least 4 members (excludes halogenated alkanes) is 5. The molecule has 0 fully saturated rings. The molecule has 1 aromatic heterocycles. The van der Waals surface area contributed by atoms with Crippen LogP contribution in [-0.2, 0) is 11.0 Å². The topological polar surface area (TPSA) is 65.2 Å². The Kier molecular flexibility index (Phi) is 8.70. The largest absolute Gasteiger partial charge is 0.478 e. The number of primary amides is 1. The molecule has 0 aliphatic carbocycles. The smallest absolute Gasteiger partial charge is 0.416 e. The third kappa shape index (κ3) is 8.37. The Balaban J connectivity index is 1.63. The average molecular weight is 406 g/mol. The summed E-state index contributed by atoms with van der Waals surface area (Å²) in [6.07, 6.45) is 8.59. The predicted molar refractivity (Wildman–Crippen MR) is 107 cm³/mol. The van der Waals surface area contributed by atoms with E-state index in [0.29, 0.717) is 23.4 Å².